The molecule has 0 saturated heterocycles. The molecule has 0 aliphatic heterocycles. The number of H-pyrrole nitrogens is 1. The quantitative estimate of drug-likeness (QED) is 0.598. The van der Waals surface area contributed by atoms with Gasteiger partial charge in [-0.25, -0.2) is 0 Å². The number of primary amides is 1. The molecule has 0 bridgehead atoms. The van der Waals surface area contributed by atoms with E-state index in [0.717, 1.165) is 0 Å². The van der Waals surface area contributed by atoms with Gasteiger partial charge in [-0.1, -0.05) is 5.21 Å². The van der Waals surface area contributed by atoms with E-state index < -0.39 is 5.91 Å². The Hall–Kier alpha value is -1.39. The molecule has 0 aliphatic rings. The summed E-state index contributed by atoms with van der Waals surface area (Å²) in [7, 11) is 0. The fraction of sp³-hybridized carbons (Fsp3) is 0. The maximum Gasteiger partial charge on any atom is 0.250 e. The van der Waals surface area contributed by atoms with E-state index in [-0.39, 0.29) is 27.3 Å². The van der Waals surface area contributed by atoms with Crippen molar-refractivity contribution in [2.45, 2.75) is 0 Å². The summed E-state index contributed by atoms with van der Waals surface area (Å²) in [5.74, 6) is -0.442. The Labute approximate surface area is 106 Å². The van der Waals surface area contributed by atoms with Crippen LogP contribution in [0, 0.1) is 0 Å². The predicted octanol–water partition coefficient (Wildman–Crippen LogP) is -1.00. The number of nitrogens with two attached hydrogens (primary N) is 1. The molecule has 4 radical (unpaired) electrons. The Morgan fingerprint density at radius 3 is 2.53 bits per heavy atom. The standard InChI is InChI=1S/C6H6N2O.CH2N4.Pb/c7-6(9)5-2-1-3-8-4-5;1-2-4-5-3-1;/h1-4H,(H2,7,9);1H,(H,2,3,4,5);. The topological polar surface area (TPSA) is 110 Å². The van der Waals surface area contributed by atoms with Gasteiger partial charge in [-0.15, -0.1) is 10.2 Å². The van der Waals surface area contributed by atoms with Gasteiger partial charge in [0.1, 0.15) is 0 Å². The first kappa shape index (κ1) is 13.6. The summed E-state index contributed by atoms with van der Waals surface area (Å²) in [6, 6.07) is 3.29. The van der Waals surface area contributed by atoms with Crippen LogP contribution < -0.4 is 5.73 Å². The molecular formula is C7H8N6OPb. The average molecular weight is 399 g/mol. The second-order valence-electron chi connectivity index (χ2n) is 2.17. The molecule has 0 aromatic carbocycles. The van der Waals surface area contributed by atoms with E-state index in [1.807, 2.05) is 0 Å². The van der Waals surface area contributed by atoms with Crippen LogP contribution in [0.15, 0.2) is 30.9 Å². The normalized spacial score (nSPS) is 8.00. The Bertz CT molecular complexity index is 347. The van der Waals surface area contributed by atoms with E-state index in [4.69, 9.17) is 5.73 Å². The van der Waals surface area contributed by atoms with Crippen LogP contribution in [-0.2, 0) is 0 Å². The molecule has 0 spiro atoms. The van der Waals surface area contributed by atoms with Crippen LogP contribution in [-0.4, -0.2) is 58.8 Å². The van der Waals surface area contributed by atoms with Crippen molar-refractivity contribution in [2.75, 3.05) is 0 Å². The minimum Gasteiger partial charge on any atom is -0.366 e. The number of aromatic amines is 1. The second-order valence-corrected chi connectivity index (χ2v) is 2.17. The third-order valence-corrected chi connectivity index (χ3v) is 1.22. The summed E-state index contributed by atoms with van der Waals surface area (Å²) >= 11 is 0. The van der Waals surface area contributed by atoms with E-state index in [1.165, 1.54) is 12.5 Å². The molecule has 7 nitrogen and oxygen atoms in total. The van der Waals surface area contributed by atoms with Crippen molar-refractivity contribution in [3.63, 3.8) is 0 Å². The van der Waals surface area contributed by atoms with E-state index in [2.05, 4.69) is 25.6 Å². The number of nitrogens with zero attached hydrogens (tertiary/aromatic N) is 4. The summed E-state index contributed by atoms with van der Waals surface area (Å²) in [5, 5.41) is 12.2. The van der Waals surface area contributed by atoms with Gasteiger partial charge in [0.05, 0.1) is 5.56 Å². The van der Waals surface area contributed by atoms with E-state index in [1.54, 1.807) is 18.3 Å². The molecule has 0 saturated carbocycles. The van der Waals surface area contributed by atoms with Crippen LogP contribution in [0.5, 0.6) is 0 Å². The van der Waals surface area contributed by atoms with Crippen molar-refractivity contribution in [2.24, 2.45) is 5.73 Å². The Morgan fingerprint density at radius 2 is 2.27 bits per heavy atom. The van der Waals surface area contributed by atoms with Gasteiger partial charge in [0.2, 0.25) is 5.91 Å². The number of amides is 1. The van der Waals surface area contributed by atoms with Gasteiger partial charge in [0.15, 0.2) is 6.33 Å². The molecule has 76 valence electrons. The maximum absolute atomic E-state index is 10.4. The van der Waals surface area contributed by atoms with Crippen molar-refractivity contribution >= 4 is 33.2 Å². The van der Waals surface area contributed by atoms with Gasteiger partial charge < -0.3 is 5.73 Å². The third-order valence-electron chi connectivity index (χ3n) is 1.22. The summed E-state index contributed by atoms with van der Waals surface area (Å²) in [4.78, 5) is 14.1. The predicted molar refractivity (Wildman–Crippen MR) is 52.7 cm³/mol. The Morgan fingerprint density at radius 1 is 1.47 bits per heavy atom. The van der Waals surface area contributed by atoms with Gasteiger partial charge in [0, 0.05) is 39.7 Å². The monoisotopic (exact) mass is 400 g/mol. The second kappa shape index (κ2) is 7.96. The molecule has 2 heterocycles. The first-order chi connectivity index (χ1) is 6.80. The fourth-order valence-electron chi connectivity index (χ4n) is 0.638. The molecule has 0 aliphatic carbocycles. The van der Waals surface area contributed by atoms with Crippen LogP contribution in [0.1, 0.15) is 10.4 Å². The zero-order valence-corrected chi connectivity index (χ0v) is 11.5. The van der Waals surface area contributed by atoms with E-state index in [9.17, 15) is 4.79 Å². The van der Waals surface area contributed by atoms with Crippen LogP contribution >= 0.6 is 0 Å². The zero-order valence-electron chi connectivity index (χ0n) is 7.66. The number of rotatable bonds is 1. The first-order valence-corrected chi connectivity index (χ1v) is 3.67. The van der Waals surface area contributed by atoms with Crippen molar-refractivity contribution in [1.82, 2.24) is 25.6 Å². The minimum absolute atomic E-state index is 0. The largest absolute Gasteiger partial charge is 0.366 e. The number of aromatic nitrogens is 5. The Balaban J connectivity index is 0.000000280. The number of carbonyl (C=O) groups is 1. The molecule has 0 unspecified atom stereocenters. The van der Waals surface area contributed by atoms with Crippen molar-refractivity contribution in [3.8, 4) is 0 Å². The van der Waals surface area contributed by atoms with Crippen LogP contribution in [0.4, 0.5) is 0 Å². The summed E-state index contributed by atoms with van der Waals surface area (Å²) in [5.41, 5.74) is 5.38. The molecule has 15 heavy (non-hydrogen) atoms. The summed E-state index contributed by atoms with van der Waals surface area (Å²) < 4.78 is 0. The fourth-order valence-corrected chi connectivity index (χ4v) is 0.638. The number of carbonyl (C=O) groups excluding carboxylic acids is 1. The first-order valence-electron chi connectivity index (χ1n) is 3.67. The molecule has 2 rings (SSSR count). The van der Waals surface area contributed by atoms with Crippen LogP contribution in [0.2, 0.25) is 0 Å². The molecule has 2 aromatic heterocycles. The van der Waals surface area contributed by atoms with E-state index in [0.29, 0.717) is 5.56 Å². The number of tetrazole rings is 1. The number of pyridine rings is 1. The molecule has 8 heteroatoms. The van der Waals surface area contributed by atoms with Gasteiger partial charge in [-0.3, -0.25) is 9.78 Å². The molecule has 0 fully saturated rings. The molecule has 1 amide bonds. The van der Waals surface area contributed by atoms with E-state index >= 15 is 0 Å². The average Bonchev–Trinajstić information content (AvgIpc) is 2.77. The maximum atomic E-state index is 10.4. The van der Waals surface area contributed by atoms with Gasteiger partial charge >= 0.3 is 0 Å². The molecule has 2 aromatic rings. The van der Waals surface area contributed by atoms with Gasteiger partial charge in [-0.2, -0.15) is 5.21 Å². The molecule has 3 N–H and O–H groups in total. The smallest absolute Gasteiger partial charge is 0.250 e. The Kier molecular flexibility index (Phi) is 7.23. The summed E-state index contributed by atoms with van der Waals surface area (Å²) in [6.45, 7) is 0. The van der Waals surface area contributed by atoms with Crippen LogP contribution in [0.25, 0.3) is 0 Å². The zero-order chi connectivity index (χ0) is 10.2. The third kappa shape index (κ3) is 5.83. The molecule has 0 atom stereocenters. The number of hydrogen-bond donors (Lipinski definition) is 2. The molecular weight excluding hydrogens is 391 g/mol. The van der Waals surface area contributed by atoms with Gasteiger partial charge in [-0.05, 0) is 12.1 Å². The number of nitrogens with one attached hydrogen (secondary N) is 1. The summed E-state index contributed by atoms with van der Waals surface area (Å²) in [6.07, 6.45) is 4.36. The number of hydrogen-bond acceptors (Lipinski definition) is 5. The van der Waals surface area contributed by atoms with Crippen molar-refractivity contribution in [3.05, 3.63) is 36.4 Å². The SMILES string of the molecule is NC(=O)c1cccnc1.[Pb].c1nn[nH]n1. The minimum atomic E-state index is -0.442. The van der Waals surface area contributed by atoms with Crippen molar-refractivity contribution < 1.29 is 4.79 Å². The van der Waals surface area contributed by atoms with Crippen molar-refractivity contribution in [1.29, 1.82) is 0 Å². The van der Waals surface area contributed by atoms with Gasteiger partial charge in [0.25, 0.3) is 0 Å². The van der Waals surface area contributed by atoms with Crippen LogP contribution in [0.3, 0.4) is 0 Å².